The van der Waals surface area contributed by atoms with Gasteiger partial charge in [-0.2, -0.15) is 0 Å². The fourth-order valence-electron chi connectivity index (χ4n) is 4.43. The average Bonchev–Trinajstić information content (AvgIpc) is 3.50. The molecular formula is C31H28N2O5S. The van der Waals surface area contributed by atoms with Gasteiger partial charge in [-0.1, -0.05) is 73.2 Å². The summed E-state index contributed by atoms with van der Waals surface area (Å²) in [5.41, 5.74) is 2.14. The Morgan fingerprint density at radius 3 is 2.67 bits per heavy atom. The highest BCUT2D eigenvalue weighted by molar-refractivity contribution is 7.22. The number of nitrogens with zero attached hydrogens (tertiary/aromatic N) is 2. The molecule has 0 spiro atoms. The van der Waals surface area contributed by atoms with Gasteiger partial charge in [0.2, 0.25) is 0 Å². The Morgan fingerprint density at radius 1 is 1.08 bits per heavy atom. The van der Waals surface area contributed by atoms with Crippen molar-refractivity contribution in [2.45, 2.75) is 25.8 Å². The number of aliphatic hydroxyl groups is 1. The van der Waals surface area contributed by atoms with Gasteiger partial charge in [0.1, 0.15) is 11.5 Å². The lowest BCUT2D eigenvalue weighted by molar-refractivity contribution is -0.117. The number of fused-ring (bicyclic) bond motifs is 1. The maximum absolute atomic E-state index is 13.5. The molecule has 1 atom stereocenters. The number of thiazole rings is 1. The largest absolute Gasteiger partial charge is 0.503 e. The summed E-state index contributed by atoms with van der Waals surface area (Å²) in [6, 6.07) is 21.2. The van der Waals surface area contributed by atoms with Crippen LogP contribution in [0.15, 0.2) is 90.2 Å². The summed E-state index contributed by atoms with van der Waals surface area (Å²) in [5.74, 6) is -0.434. The molecule has 1 N–H and O–H groups in total. The van der Waals surface area contributed by atoms with E-state index < -0.39 is 23.5 Å². The van der Waals surface area contributed by atoms with Crippen molar-refractivity contribution in [2.24, 2.45) is 0 Å². The topological polar surface area (TPSA) is 89.0 Å². The average molecular weight is 541 g/mol. The monoisotopic (exact) mass is 540 g/mol. The number of hydrogen-bond acceptors (Lipinski definition) is 7. The van der Waals surface area contributed by atoms with Gasteiger partial charge in [-0.25, -0.2) is 4.98 Å². The minimum Gasteiger partial charge on any atom is -0.503 e. The van der Waals surface area contributed by atoms with E-state index in [4.69, 9.17) is 9.47 Å². The SMILES string of the molecule is CCCCOc1cccc(C2C(C(=O)/C=C/c3ccccc3)=C(O)C(=O)N2c2nc3ccc(OC)cc3s2)c1. The molecule has 198 valence electrons. The van der Waals surface area contributed by atoms with E-state index in [1.807, 2.05) is 66.7 Å². The van der Waals surface area contributed by atoms with E-state index in [2.05, 4.69) is 11.9 Å². The third-order valence-electron chi connectivity index (χ3n) is 6.43. The Labute approximate surface area is 230 Å². The number of amides is 1. The van der Waals surface area contributed by atoms with Crippen molar-refractivity contribution in [1.82, 2.24) is 4.98 Å². The van der Waals surface area contributed by atoms with Crippen molar-refractivity contribution in [2.75, 3.05) is 18.6 Å². The summed E-state index contributed by atoms with van der Waals surface area (Å²) < 4.78 is 12.1. The molecule has 3 aromatic carbocycles. The molecule has 1 aromatic heterocycles. The van der Waals surface area contributed by atoms with Crippen LogP contribution in [-0.2, 0) is 9.59 Å². The second kappa shape index (κ2) is 11.5. The standard InChI is InChI=1S/C31H28N2O5S/c1-3-4-17-38-23-12-8-11-21(18-23)28-27(25(34)16-13-20-9-6-5-7-10-20)29(35)30(36)33(28)31-32-24-15-14-22(37-2)19-26(24)39-31/h5-16,18-19,28,35H,3-4,17H2,1-2H3/b16-13+. The highest BCUT2D eigenvalue weighted by Gasteiger charge is 2.45. The Kier molecular flexibility index (Phi) is 7.74. The number of carbonyl (C=O) groups is 2. The number of hydrogen-bond donors (Lipinski definition) is 1. The van der Waals surface area contributed by atoms with Crippen LogP contribution in [-0.4, -0.2) is 35.5 Å². The predicted octanol–water partition coefficient (Wildman–Crippen LogP) is 6.67. The Balaban J connectivity index is 1.58. The number of aliphatic hydroxyl groups excluding tert-OH is 1. The molecule has 0 radical (unpaired) electrons. The van der Waals surface area contributed by atoms with Crippen LogP contribution >= 0.6 is 11.3 Å². The van der Waals surface area contributed by atoms with E-state index in [0.717, 1.165) is 23.1 Å². The molecule has 2 heterocycles. The van der Waals surface area contributed by atoms with E-state index in [1.165, 1.54) is 22.3 Å². The van der Waals surface area contributed by atoms with Crippen LogP contribution in [0.3, 0.4) is 0 Å². The molecule has 7 nitrogen and oxygen atoms in total. The van der Waals surface area contributed by atoms with Crippen LogP contribution in [0.4, 0.5) is 5.13 Å². The van der Waals surface area contributed by atoms with Gasteiger partial charge in [-0.05, 0) is 54.0 Å². The minimum atomic E-state index is -0.886. The molecule has 8 heteroatoms. The number of anilines is 1. The van der Waals surface area contributed by atoms with Gasteiger partial charge < -0.3 is 14.6 Å². The maximum Gasteiger partial charge on any atom is 0.296 e. The molecule has 1 unspecified atom stereocenters. The number of carbonyl (C=O) groups excluding carboxylic acids is 2. The maximum atomic E-state index is 13.5. The van der Waals surface area contributed by atoms with Gasteiger partial charge in [0.15, 0.2) is 16.7 Å². The summed E-state index contributed by atoms with van der Waals surface area (Å²) >= 11 is 1.29. The van der Waals surface area contributed by atoms with E-state index in [9.17, 15) is 14.7 Å². The lowest BCUT2D eigenvalue weighted by atomic mass is 9.95. The summed E-state index contributed by atoms with van der Waals surface area (Å²) in [5, 5.41) is 11.4. The van der Waals surface area contributed by atoms with Gasteiger partial charge in [0, 0.05) is 0 Å². The first kappa shape index (κ1) is 26.2. The van der Waals surface area contributed by atoms with E-state index in [-0.39, 0.29) is 5.57 Å². The summed E-state index contributed by atoms with van der Waals surface area (Å²) in [6.07, 6.45) is 4.95. The van der Waals surface area contributed by atoms with Gasteiger partial charge in [-0.15, -0.1) is 0 Å². The van der Waals surface area contributed by atoms with Gasteiger partial charge >= 0.3 is 0 Å². The lowest BCUT2D eigenvalue weighted by Gasteiger charge is -2.24. The number of methoxy groups -OCH3 is 1. The molecule has 1 amide bonds. The molecule has 1 aliphatic heterocycles. The van der Waals surface area contributed by atoms with Crippen LogP contribution < -0.4 is 14.4 Å². The molecule has 0 saturated heterocycles. The second-order valence-electron chi connectivity index (χ2n) is 9.05. The fourth-order valence-corrected chi connectivity index (χ4v) is 5.45. The molecule has 4 aromatic rings. The zero-order valence-corrected chi connectivity index (χ0v) is 22.5. The molecule has 0 aliphatic carbocycles. The molecule has 1 aliphatic rings. The molecule has 5 rings (SSSR count). The summed E-state index contributed by atoms with van der Waals surface area (Å²) in [6.45, 7) is 2.64. The number of unbranched alkanes of at least 4 members (excludes halogenated alkanes) is 1. The molecule has 0 fully saturated rings. The quantitative estimate of drug-likeness (QED) is 0.179. The third kappa shape index (κ3) is 5.42. The smallest absolute Gasteiger partial charge is 0.296 e. The van der Waals surface area contributed by atoms with Crippen LogP contribution in [0.2, 0.25) is 0 Å². The first-order valence-corrected chi connectivity index (χ1v) is 13.5. The molecule has 0 saturated carbocycles. The number of ketones is 1. The Hall–Kier alpha value is -4.43. The molecule has 0 bridgehead atoms. The van der Waals surface area contributed by atoms with Crippen LogP contribution in [0.5, 0.6) is 11.5 Å². The van der Waals surface area contributed by atoms with Crippen molar-refractivity contribution in [3.8, 4) is 11.5 Å². The van der Waals surface area contributed by atoms with Crippen molar-refractivity contribution in [3.05, 3.63) is 101 Å². The van der Waals surface area contributed by atoms with Crippen molar-refractivity contribution >= 4 is 44.5 Å². The minimum absolute atomic E-state index is 0.00488. The van der Waals surface area contributed by atoms with Crippen molar-refractivity contribution in [1.29, 1.82) is 0 Å². The van der Waals surface area contributed by atoms with Gasteiger partial charge in [0.25, 0.3) is 5.91 Å². The number of allylic oxidation sites excluding steroid dienone is 1. The van der Waals surface area contributed by atoms with E-state index in [0.29, 0.717) is 34.3 Å². The van der Waals surface area contributed by atoms with Gasteiger partial charge in [0.05, 0.1) is 35.5 Å². The van der Waals surface area contributed by atoms with E-state index in [1.54, 1.807) is 19.3 Å². The first-order chi connectivity index (χ1) is 19.0. The zero-order valence-electron chi connectivity index (χ0n) is 21.7. The van der Waals surface area contributed by atoms with Crippen LogP contribution in [0, 0.1) is 0 Å². The highest BCUT2D eigenvalue weighted by atomic mass is 32.1. The van der Waals surface area contributed by atoms with Gasteiger partial charge in [-0.3, -0.25) is 14.5 Å². The molecule has 39 heavy (non-hydrogen) atoms. The summed E-state index contributed by atoms with van der Waals surface area (Å²) in [4.78, 5) is 33.1. The lowest BCUT2D eigenvalue weighted by Crippen LogP contribution is -2.30. The van der Waals surface area contributed by atoms with Crippen LogP contribution in [0.25, 0.3) is 16.3 Å². The number of ether oxygens (including phenoxy) is 2. The van der Waals surface area contributed by atoms with Crippen molar-refractivity contribution in [3.63, 3.8) is 0 Å². The highest BCUT2D eigenvalue weighted by Crippen LogP contribution is 2.44. The number of benzene rings is 3. The number of rotatable bonds is 10. The fraction of sp³-hybridized carbons (Fsp3) is 0.194. The third-order valence-corrected chi connectivity index (χ3v) is 7.45. The Bertz CT molecular complexity index is 1570. The second-order valence-corrected chi connectivity index (χ2v) is 10.1. The number of aromatic nitrogens is 1. The predicted molar refractivity (Wildman–Crippen MR) is 153 cm³/mol. The Morgan fingerprint density at radius 2 is 1.90 bits per heavy atom. The normalized spacial score (nSPS) is 15.5. The summed E-state index contributed by atoms with van der Waals surface area (Å²) in [7, 11) is 1.58. The first-order valence-electron chi connectivity index (χ1n) is 12.7. The van der Waals surface area contributed by atoms with Crippen LogP contribution in [0.1, 0.15) is 36.9 Å². The molecular weight excluding hydrogens is 512 g/mol. The van der Waals surface area contributed by atoms with E-state index >= 15 is 0 Å². The zero-order chi connectivity index (χ0) is 27.4. The van der Waals surface area contributed by atoms with Crippen molar-refractivity contribution < 1.29 is 24.2 Å².